The van der Waals surface area contributed by atoms with E-state index in [4.69, 9.17) is 9.47 Å². The molecule has 1 atom stereocenters. The Morgan fingerprint density at radius 3 is 2.48 bits per heavy atom. The van der Waals surface area contributed by atoms with Crippen LogP contribution in [0.5, 0.6) is 11.5 Å². The second-order valence-electron chi connectivity index (χ2n) is 10.0. The van der Waals surface area contributed by atoms with E-state index in [1.165, 1.54) is 0 Å². The van der Waals surface area contributed by atoms with Crippen LogP contribution >= 0.6 is 0 Å². The number of hydrogen-bond donors (Lipinski definition) is 1. The largest absolute Gasteiger partial charge is 0.493 e. The van der Waals surface area contributed by atoms with Crippen molar-refractivity contribution >= 4 is 22.8 Å². The molecular formula is C31H35N5O4. The van der Waals surface area contributed by atoms with Gasteiger partial charge in [0.1, 0.15) is 18.1 Å². The van der Waals surface area contributed by atoms with Crippen LogP contribution in [0, 0.1) is 0 Å². The van der Waals surface area contributed by atoms with Crippen molar-refractivity contribution < 1.29 is 19.1 Å². The number of rotatable bonds is 11. The summed E-state index contributed by atoms with van der Waals surface area (Å²) in [5.74, 6) is 0.447. The maximum atomic E-state index is 14.2. The van der Waals surface area contributed by atoms with Gasteiger partial charge in [0, 0.05) is 18.2 Å². The molecule has 5 rings (SSSR count). The molecular weight excluding hydrogens is 506 g/mol. The lowest BCUT2D eigenvalue weighted by Gasteiger charge is -2.33. The van der Waals surface area contributed by atoms with Crippen molar-refractivity contribution in [3.05, 3.63) is 83.9 Å². The van der Waals surface area contributed by atoms with Crippen molar-refractivity contribution in [1.29, 1.82) is 0 Å². The van der Waals surface area contributed by atoms with Crippen LogP contribution in [-0.4, -0.2) is 58.5 Å². The van der Waals surface area contributed by atoms with E-state index in [1.807, 2.05) is 66.7 Å². The Kier molecular flexibility index (Phi) is 8.59. The van der Waals surface area contributed by atoms with Gasteiger partial charge in [-0.1, -0.05) is 72.7 Å². The first-order valence-electron chi connectivity index (χ1n) is 13.7. The number of hydrogen-bond acceptors (Lipinski definition) is 6. The average molecular weight is 542 g/mol. The van der Waals surface area contributed by atoms with Gasteiger partial charge in [0.15, 0.2) is 11.5 Å². The Hall–Kier alpha value is -4.40. The lowest BCUT2D eigenvalue weighted by atomic mass is 10.0. The Balaban J connectivity index is 1.55. The summed E-state index contributed by atoms with van der Waals surface area (Å²) in [7, 11) is 3.11. The second-order valence-corrected chi connectivity index (χ2v) is 10.0. The van der Waals surface area contributed by atoms with E-state index in [0.29, 0.717) is 35.5 Å². The summed E-state index contributed by atoms with van der Waals surface area (Å²) in [5.41, 5.74) is 3.10. The molecule has 0 saturated heterocycles. The maximum Gasteiger partial charge on any atom is 0.247 e. The highest BCUT2D eigenvalue weighted by Crippen LogP contribution is 2.38. The van der Waals surface area contributed by atoms with Crippen LogP contribution in [0.2, 0.25) is 0 Å². The van der Waals surface area contributed by atoms with Crippen molar-refractivity contribution in [1.82, 2.24) is 25.2 Å². The highest BCUT2D eigenvalue weighted by Gasteiger charge is 2.36. The lowest BCUT2D eigenvalue weighted by molar-refractivity contribution is -0.141. The molecule has 9 nitrogen and oxygen atoms in total. The van der Waals surface area contributed by atoms with E-state index >= 15 is 0 Å². The Bertz CT molecular complexity index is 1450. The summed E-state index contributed by atoms with van der Waals surface area (Å²) in [6, 6.07) is 22.0. The normalized spacial score (nSPS) is 14.2. The molecule has 9 heteroatoms. The Labute approximate surface area is 234 Å². The van der Waals surface area contributed by atoms with E-state index in [0.717, 1.165) is 36.8 Å². The molecule has 3 aromatic carbocycles. The number of para-hydroxylation sites is 2. The third-order valence-corrected chi connectivity index (χ3v) is 7.50. The van der Waals surface area contributed by atoms with Gasteiger partial charge in [-0.3, -0.25) is 9.59 Å². The molecule has 208 valence electrons. The van der Waals surface area contributed by atoms with Crippen molar-refractivity contribution in [3.63, 3.8) is 0 Å². The minimum Gasteiger partial charge on any atom is -0.493 e. The smallest absolute Gasteiger partial charge is 0.247 e. The zero-order valence-electron chi connectivity index (χ0n) is 23.0. The number of carbonyl (C=O) groups is 2. The molecule has 1 aliphatic rings. The number of nitrogens with zero attached hydrogens (tertiary/aromatic N) is 4. The molecule has 1 aromatic heterocycles. The molecule has 1 aliphatic carbocycles. The van der Waals surface area contributed by atoms with E-state index in [-0.39, 0.29) is 24.4 Å². The van der Waals surface area contributed by atoms with E-state index in [1.54, 1.807) is 29.9 Å². The van der Waals surface area contributed by atoms with Gasteiger partial charge < -0.3 is 19.7 Å². The third kappa shape index (κ3) is 5.93. The van der Waals surface area contributed by atoms with Crippen LogP contribution in [0.25, 0.3) is 11.0 Å². The molecule has 1 N–H and O–H groups in total. The summed E-state index contributed by atoms with van der Waals surface area (Å²) < 4.78 is 12.9. The summed E-state index contributed by atoms with van der Waals surface area (Å²) in [5, 5.41) is 11.7. The first-order chi connectivity index (χ1) is 19.6. The number of amides is 2. The maximum absolute atomic E-state index is 14.2. The van der Waals surface area contributed by atoms with Crippen molar-refractivity contribution in [2.75, 3.05) is 20.8 Å². The number of aromatic nitrogens is 3. The van der Waals surface area contributed by atoms with Crippen LogP contribution in [0.3, 0.4) is 0 Å². The van der Waals surface area contributed by atoms with Crippen molar-refractivity contribution in [3.8, 4) is 11.5 Å². The van der Waals surface area contributed by atoms with Crippen molar-refractivity contribution in [2.45, 2.75) is 50.7 Å². The number of benzene rings is 3. The fourth-order valence-corrected chi connectivity index (χ4v) is 5.47. The Morgan fingerprint density at radius 1 is 0.975 bits per heavy atom. The molecule has 1 fully saturated rings. The Morgan fingerprint density at radius 2 is 1.73 bits per heavy atom. The number of fused-ring (bicyclic) bond motifs is 1. The van der Waals surface area contributed by atoms with Gasteiger partial charge in [0.05, 0.1) is 19.7 Å². The van der Waals surface area contributed by atoms with Gasteiger partial charge in [-0.15, -0.1) is 5.10 Å². The summed E-state index contributed by atoms with van der Waals surface area (Å²) in [6.45, 7) is 0.257. The number of methoxy groups -OCH3 is 2. The van der Waals surface area contributed by atoms with E-state index in [9.17, 15) is 9.59 Å². The first-order valence-corrected chi connectivity index (χ1v) is 13.7. The second kappa shape index (κ2) is 12.6. The predicted octanol–water partition coefficient (Wildman–Crippen LogP) is 4.32. The van der Waals surface area contributed by atoms with Gasteiger partial charge in [0.2, 0.25) is 11.8 Å². The standard InChI is InChI=1S/C31H35N5O4/c1-39-27-18-10-15-24(30(27)40-2)29(31(38)32-23-13-6-7-14-23)35(20-19-22-11-4-3-5-12-22)28(37)21-36-26-17-9-8-16-25(26)33-34-36/h3-5,8-12,15-18,23,29H,6-7,13-14,19-21H2,1-2H3,(H,32,38)/t29-/m1/s1. The lowest BCUT2D eigenvalue weighted by Crippen LogP contribution is -2.47. The zero-order chi connectivity index (χ0) is 27.9. The highest BCUT2D eigenvalue weighted by atomic mass is 16.5. The fraction of sp³-hybridized carbons (Fsp3) is 0.355. The van der Waals surface area contributed by atoms with Crippen molar-refractivity contribution in [2.24, 2.45) is 0 Å². The topological polar surface area (TPSA) is 98.6 Å². The molecule has 4 aromatic rings. The SMILES string of the molecule is COc1cccc([C@H](C(=O)NC2CCCC2)N(CCc2ccccc2)C(=O)Cn2nnc3ccccc32)c1OC. The molecule has 0 unspecified atom stereocenters. The molecule has 0 aliphatic heterocycles. The van der Waals surface area contributed by atoms with E-state index in [2.05, 4.69) is 15.6 Å². The minimum atomic E-state index is -0.934. The van der Waals surface area contributed by atoms with Crippen LogP contribution in [0.1, 0.15) is 42.9 Å². The predicted molar refractivity (Wildman–Crippen MR) is 152 cm³/mol. The zero-order valence-corrected chi connectivity index (χ0v) is 23.0. The van der Waals surface area contributed by atoms with Gasteiger partial charge in [-0.2, -0.15) is 0 Å². The molecule has 0 bridgehead atoms. The molecule has 1 saturated carbocycles. The molecule has 40 heavy (non-hydrogen) atoms. The third-order valence-electron chi connectivity index (χ3n) is 7.50. The van der Waals surface area contributed by atoms with Gasteiger partial charge in [0.25, 0.3) is 0 Å². The molecule has 0 radical (unpaired) electrons. The monoisotopic (exact) mass is 541 g/mol. The average Bonchev–Trinajstić information content (AvgIpc) is 3.65. The van der Waals surface area contributed by atoms with Crippen LogP contribution < -0.4 is 14.8 Å². The molecule has 1 heterocycles. The minimum absolute atomic E-state index is 0.0607. The van der Waals surface area contributed by atoms with Gasteiger partial charge in [-0.05, 0) is 43.0 Å². The van der Waals surface area contributed by atoms with Crippen LogP contribution in [0.15, 0.2) is 72.8 Å². The van der Waals surface area contributed by atoms with E-state index < -0.39 is 6.04 Å². The summed E-state index contributed by atoms with van der Waals surface area (Å²) >= 11 is 0. The van der Waals surface area contributed by atoms with Crippen LogP contribution in [-0.2, 0) is 22.6 Å². The van der Waals surface area contributed by atoms with Gasteiger partial charge in [-0.25, -0.2) is 4.68 Å². The van der Waals surface area contributed by atoms with Gasteiger partial charge >= 0.3 is 0 Å². The fourth-order valence-electron chi connectivity index (χ4n) is 5.47. The number of carbonyl (C=O) groups excluding carboxylic acids is 2. The highest BCUT2D eigenvalue weighted by molar-refractivity contribution is 5.90. The summed E-state index contributed by atoms with van der Waals surface area (Å²) in [4.78, 5) is 29.9. The summed E-state index contributed by atoms with van der Waals surface area (Å²) in [6.07, 6.45) is 4.58. The molecule has 0 spiro atoms. The quantitative estimate of drug-likeness (QED) is 0.304. The number of ether oxygens (including phenoxy) is 2. The number of nitrogens with one attached hydrogen (secondary N) is 1. The van der Waals surface area contributed by atoms with Crippen LogP contribution in [0.4, 0.5) is 0 Å². The molecule has 2 amide bonds. The first kappa shape index (κ1) is 27.2.